The molecule has 1 N–H and O–H groups in total. The lowest BCUT2D eigenvalue weighted by molar-refractivity contribution is -0.137. The van der Waals surface area contributed by atoms with Gasteiger partial charge in [-0.15, -0.1) is 0 Å². The highest BCUT2D eigenvalue weighted by Crippen LogP contribution is 2.32. The van der Waals surface area contributed by atoms with E-state index in [0.29, 0.717) is 23.3 Å². The average Bonchev–Trinajstić information content (AvgIpc) is 3.34. The fraction of sp³-hybridized carbons (Fsp3) is 0.273. The molecule has 0 saturated heterocycles. The first-order valence-electron chi connectivity index (χ1n) is 9.43. The van der Waals surface area contributed by atoms with Crippen LogP contribution in [0.15, 0.2) is 53.2 Å². The van der Waals surface area contributed by atoms with Crippen LogP contribution >= 0.6 is 0 Å². The van der Waals surface area contributed by atoms with E-state index in [-0.39, 0.29) is 12.3 Å². The molecule has 0 aliphatic heterocycles. The second kappa shape index (κ2) is 7.73. The molecule has 1 aliphatic carbocycles. The van der Waals surface area contributed by atoms with Gasteiger partial charge in [-0.1, -0.05) is 23.4 Å². The summed E-state index contributed by atoms with van der Waals surface area (Å²) in [6, 6.07) is 10.7. The summed E-state index contributed by atoms with van der Waals surface area (Å²) in [6.07, 6.45) is 0.962. The minimum atomic E-state index is -4.39. The monoisotopic (exact) mass is 400 g/mol. The average molecular weight is 400 g/mol. The molecule has 1 heterocycles. The summed E-state index contributed by atoms with van der Waals surface area (Å²) < 4.78 is 43.4. The number of carbonyl (C=O) groups excluding carboxylic acids is 1. The zero-order chi connectivity index (χ0) is 20.4. The predicted molar refractivity (Wildman–Crippen MR) is 102 cm³/mol. The minimum absolute atomic E-state index is 0.137. The van der Waals surface area contributed by atoms with E-state index >= 15 is 0 Å². The van der Waals surface area contributed by atoms with Crippen LogP contribution in [-0.2, 0) is 30.2 Å². The summed E-state index contributed by atoms with van der Waals surface area (Å²) in [6.45, 7) is 0. The Kier molecular flexibility index (Phi) is 5.13. The molecule has 0 spiro atoms. The molecule has 1 aliphatic rings. The molecule has 1 amide bonds. The number of halogens is 3. The van der Waals surface area contributed by atoms with Gasteiger partial charge >= 0.3 is 6.18 Å². The van der Waals surface area contributed by atoms with Crippen LogP contribution in [0.5, 0.6) is 0 Å². The number of aromatic nitrogens is 1. The summed E-state index contributed by atoms with van der Waals surface area (Å²) in [5.74, 6) is 0.242. The van der Waals surface area contributed by atoms with E-state index in [1.807, 2.05) is 12.1 Å². The molecular formula is C22H19F3N2O2. The lowest BCUT2D eigenvalue weighted by Gasteiger charge is -2.08. The van der Waals surface area contributed by atoms with Gasteiger partial charge in [0.05, 0.1) is 11.8 Å². The van der Waals surface area contributed by atoms with Gasteiger partial charge in [0, 0.05) is 23.2 Å². The molecule has 4 nitrogen and oxygen atoms in total. The quantitative estimate of drug-likeness (QED) is 0.622. The smallest absolute Gasteiger partial charge is 0.356 e. The predicted octanol–water partition coefficient (Wildman–Crippen LogP) is 5.42. The van der Waals surface area contributed by atoms with Crippen LogP contribution in [-0.4, -0.2) is 11.1 Å². The molecule has 0 radical (unpaired) electrons. The number of hydrogen-bond acceptors (Lipinski definition) is 3. The number of benzene rings is 2. The van der Waals surface area contributed by atoms with Crippen molar-refractivity contribution in [2.75, 3.05) is 5.32 Å². The van der Waals surface area contributed by atoms with E-state index in [1.165, 1.54) is 29.5 Å². The molecule has 0 fully saturated rings. The van der Waals surface area contributed by atoms with Gasteiger partial charge in [-0.05, 0) is 61.1 Å². The largest absolute Gasteiger partial charge is 0.416 e. The summed E-state index contributed by atoms with van der Waals surface area (Å²) in [4.78, 5) is 12.3. The van der Waals surface area contributed by atoms with Gasteiger partial charge in [0.15, 0.2) is 5.76 Å². The molecule has 2 aromatic carbocycles. The van der Waals surface area contributed by atoms with Crippen LogP contribution in [0.4, 0.5) is 18.9 Å². The molecule has 7 heteroatoms. The number of alkyl halides is 3. The van der Waals surface area contributed by atoms with Gasteiger partial charge in [0.25, 0.3) is 0 Å². The first-order valence-corrected chi connectivity index (χ1v) is 9.43. The topological polar surface area (TPSA) is 55.1 Å². The van der Waals surface area contributed by atoms with Crippen molar-refractivity contribution in [3.8, 4) is 11.3 Å². The van der Waals surface area contributed by atoms with Crippen molar-refractivity contribution >= 4 is 11.6 Å². The minimum Gasteiger partial charge on any atom is -0.356 e. The van der Waals surface area contributed by atoms with E-state index in [9.17, 15) is 18.0 Å². The second-order valence-electron chi connectivity index (χ2n) is 7.14. The zero-order valence-corrected chi connectivity index (χ0v) is 15.6. The van der Waals surface area contributed by atoms with E-state index < -0.39 is 11.7 Å². The second-order valence-corrected chi connectivity index (χ2v) is 7.14. The Balaban J connectivity index is 1.39. The Morgan fingerprint density at radius 1 is 1.07 bits per heavy atom. The Morgan fingerprint density at radius 2 is 1.83 bits per heavy atom. The number of anilines is 1. The molecular weight excluding hydrogens is 381 g/mol. The third-order valence-electron chi connectivity index (χ3n) is 5.12. The molecule has 0 bridgehead atoms. The van der Waals surface area contributed by atoms with Crippen LogP contribution in [0, 0.1) is 0 Å². The molecule has 0 unspecified atom stereocenters. The Labute approximate surface area is 165 Å². The highest BCUT2D eigenvalue weighted by Gasteiger charge is 2.30. The van der Waals surface area contributed by atoms with E-state index in [0.717, 1.165) is 37.1 Å². The van der Waals surface area contributed by atoms with Crippen LogP contribution < -0.4 is 5.32 Å². The molecule has 3 aromatic rings. The summed E-state index contributed by atoms with van der Waals surface area (Å²) in [7, 11) is 0. The summed E-state index contributed by atoms with van der Waals surface area (Å²) in [5.41, 5.74) is 3.85. The van der Waals surface area contributed by atoms with Gasteiger partial charge in [-0.25, -0.2) is 0 Å². The number of hydrogen-bond donors (Lipinski definition) is 1. The Bertz CT molecular complexity index is 1020. The fourth-order valence-corrected chi connectivity index (χ4v) is 3.61. The van der Waals surface area contributed by atoms with Crippen molar-refractivity contribution in [2.24, 2.45) is 0 Å². The van der Waals surface area contributed by atoms with Gasteiger partial charge in [0.2, 0.25) is 5.91 Å². The SMILES string of the molecule is O=C(CCc1cnoc1-c1ccc(C(F)(F)F)cc1)Nc1ccc2c(c1)CCC2. The van der Waals surface area contributed by atoms with Gasteiger partial charge in [-0.2, -0.15) is 13.2 Å². The van der Waals surface area contributed by atoms with Crippen molar-refractivity contribution in [3.63, 3.8) is 0 Å². The van der Waals surface area contributed by atoms with Gasteiger partial charge in [-0.3, -0.25) is 4.79 Å². The molecule has 150 valence electrons. The third kappa shape index (κ3) is 4.34. The van der Waals surface area contributed by atoms with Crippen molar-refractivity contribution in [1.29, 1.82) is 0 Å². The number of fused-ring (bicyclic) bond motifs is 1. The fourth-order valence-electron chi connectivity index (χ4n) is 3.61. The number of carbonyl (C=O) groups is 1. The molecule has 0 atom stereocenters. The molecule has 4 rings (SSSR count). The normalized spacial score (nSPS) is 13.3. The summed E-state index contributed by atoms with van der Waals surface area (Å²) in [5, 5.41) is 6.64. The number of nitrogens with zero attached hydrogens (tertiary/aromatic N) is 1. The van der Waals surface area contributed by atoms with Crippen LogP contribution in [0.25, 0.3) is 11.3 Å². The standard InChI is InChI=1S/C22H19F3N2O2/c23-22(24,25)18-8-4-15(5-9-18)21-17(13-26-29-21)7-11-20(28)27-19-10-6-14-2-1-3-16(14)12-19/h4-6,8-10,12-13H,1-3,7,11H2,(H,27,28). The molecule has 0 saturated carbocycles. The number of nitrogens with one attached hydrogen (secondary N) is 1. The van der Waals surface area contributed by atoms with Crippen molar-refractivity contribution < 1.29 is 22.5 Å². The maximum absolute atomic E-state index is 12.7. The first-order chi connectivity index (χ1) is 13.9. The third-order valence-corrected chi connectivity index (χ3v) is 5.12. The van der Waals surface area contributed by atoms with Gasteiger partial charge in [0.1, 0.15) is 0 Å². The van der Waals surface area contributed by atoms with Crippen LogP contribution in [0.3, 0.4) is 0 Å². The number of aryl methyl sites for hydroxylation is 3. The lowest BCUT2D eigenvalue weighted by atomic mass is 10.0. The van der Waals surface area contributed by atoms with Crippen molar-refractivity contribution in [2.45, 2.75) is 38.3 Å². The van der Waals surface area contributed by atoms with Crippen molar-refractivity contribution in [3.05, 3.63) is 70.9 Å². The number of rotatable bonds is 5. The highest BCUT2D eigenvalue weighted by atomic mass is 19.4. The number of amides is 1. The van der Waals surface area contributed by atoms with Crippen LogP contribution in [0.1, 0.15) is 35.1 Å². The zero-order valence-electron chi connectivity index (χ0n) is 15.6. The van der Waals surface area contributed by atoms with Crippen LogP contribution in [0.2, 0.25) is 0 Å². The molecule has 29 heavy (non-hydrogen) atoms. The lowest BCUT2D eigenvalue weighted by Crippen LogP contribution is -2.12. The Hall–Kier alpha value is -3.09. The van der Waals surface area contributed by atoms with Crippen molar-refractivity contribution in [1.82, 2.24) is 5.16 Å². The first kappa shape index (κ1) is 19.2. The summed E-state index contributed by atoms with van der Waals surface area (Å²) >= 11 is 0. The Morgan fingerprint density at radius 3 is 2.59 bits per heavy atom. The van der Waals surface area contributed by atoms with E-state index in [4.69, 9.17) is 4.52 Å². The maximum atomic E-state index is 12.7. The van der Waals surface area contributed by atoms with Gasteiger partial charge < -0.3 is 9.84 Å². The maximum Gasteiger partial charge on any atom is 0.416 e. The highest BCUT2D eigenvalue weighted by molar-refractivity contribution is 5.91. The molecule has 1 aromatic heterocycles. The van der Waals surface area contributed by atoms with E-state index in [2.05, 4.69) is 16.5 Å². The van der Waals surface area contributed by atoms with E-state index in [1.54, 1.807) is 0 Å².